The maximum atomic E-state index is 11.9. The Hall–Kier alpha value is -1.79. The van der Waals surface area contributed by atoms with Crippen molar-refractivity contribution in [1.82, 2.24) is 20.1 Å². The van der Waals surface area contributed by atoms with Gasteiger partial charge in [-0.1, -0.05) is 12.1 Å². The van der Waals surface area contributed by atoms with Gasteiger partial charge in [0.15, 0.2) is 5.82 Å². The van der Waals surface area contributed by atoms with Crippen molar-refractivity contribution < 1.29 is 4.79 Å². The summed E-state index contributed by atoms with van der Waals surface area (Å²) in [7, 11) is 0. The van der Waals surface area contributed by atoms with E-state index >= 15 is 0 Å². The van der Waals surface area contributed by atoms with E-state index in [1.165, 1.54) is 0 Å². The van der Waals surface area contributed by atoms with Crippen LogP contribution in [0, 0.1) is 0 Å². The van der Waals surface area contributed by atoms with E-state index in [9.17, 15) is 4.79 Å². The van der Waals surface area contributed by atoms with Gasteiger partial charge in [0.05, 0.1) is 12.1 Å². The molecule has 0 saturated carbocycles. The summed E-state index contributed by atoms with van der Waals surface area (Å²) in [5.74, 6) is 0.513. The summed E-state index contributed by atoms with van der Waals surface area (Å²) >= 11 is 0. The number of para-hydroxylation sites is 1. The first kappa shape index (κ1) is 18.2. The maximum absolute atomic E-state index is 11.9. The van der Waals surface area contributed by atoms with Gasteiger partial charge in [-0.25, -0.2) is 0 Å². The Morgan fingerprint density at radius 2 is 2.05 bits per heavy atom. The first-order chi connectivity index (χ1) is 8.72. The molecule has 6 nitrogen and oxygen atoms in total. The van der Waals surface area contributed by atoms with Crippen molar-refractivity contribution in [1.29, 1.82) is 0 Å². The number of hydrogen-bond acceptors (Lipinski definition) is 4. The summed E-state index contributed by atoms with van der Waals surface area (Å²) in [5, 5.41) is 10.5. The number of anilines is 1. The molecule has 1 aromatic heterocycles. The number of nitrogens with two attached hydrogens (primary N) is 1. The molecule has 8 heteroatoms. The first-order valence-corrected chi connectivity index (χ1v) is 5.71. The van der Waals surface area contributed by atoms with Gasteiger partial charge in [0, 0.05) is 12.2 Å². The molecule has 2 rings (SSSR count). The van der Waals surface area contributed by atoms with Crippen LogP contribution >= 0.6 is 24.8 Å². The van der Waals surface area contributed by atoms with E-state index in [1.807, 2.05) is 11.5 Å². The first-order valence-electron chi connectivity index (χ1n) is 5.71. The minimum absolute atomic E-state index is 0. The topological polar surface area (TPSA) is 85.8 Å². The predicted molar refractivity (Wildman–Crippen MR) is 82.2 cm³/mol. The number of rotatable bonds is 4. The molecule has 1 amide bonds. The Kier molecular flexibility index (Phi) is 7.64. The lowest BCUT2D eigenvalue weighted by Gasteiger charge is -2.07. The number of halogens is 2. The molecule has 0 aliphatic rings. The highest BCUT2D eigenvalue weighted by molar-refractivity contribution is 5.98. The van der Waals surface area contributed by atoms with Gasteiger partial charge in [-0.15, -0.1) is 35.0 Å². The number of aromatic nitrogens is 3. The molecule has 2 aromatic rings. The molecule has 1 heterocycles. The number of hydrogen-bond donors (Lipinski definition) is 2. The molecule has 1 aromatic carbocycles. The van der Waals surface area contributed by atoms with Gasteiger partial charge in [0.1, 0.15) is 6.33 Å². The number of benzene rings is 1. The van der Waals surface area contributed by atoms with Gasteiger partial charge in [0.25, 0.3) is 5.91 Å². The molecule has 0 spiro atoms. The zero-order valence-corrected chi connectivity index (χ0v) is 12.6. The number of carbonyl (C=O) groups is 1. The quantitative estimate of drug-likeness (QED) is 0.840. The third kappa shape index (κ3) is 4.11. The van der Waals surface area contributed by atoms with Gasteiger partial charge in [-0.3, -0.25) is 4.79 Å². The van der Waals surface area contributed by atoms with E-state index in [0.717, 1.165) is 12.4 Å². The zero-order valence-electron chi connectivity index (χ0n) is 10.9. The van der Waals surface area contributed by atoms with Crippen LogP contribution < -0.4 is 11.1 Å². The highest BCUT2D eigenvalue weighted by Crippen LogP contribution is 2.10. The van der Waals surface area contributed by atoms with Crippen LogP contribution in [0.2, 0.25) is 0 Å². The molecular formula is C12H17Cl2N5O. The van der Waals surface area contributed by atoms with Crippen molar-refractivity contribution >= 4 is 36.4 Å². The number of nitrogens with one attached hydrogen (secondary N) is 1. The lowest BCUT2D eigenvalue weighted by atomic mass is 10.1. The SMILES string of the molecule is CCn1cnnc1CNC(=O)c1ccccc1N.Cl.Cl. The lowest BCUT2D eigenvalue weighted by molar-refractivity contribution is 0.0950. The summed E-state index contributed by atoms with van der Waals surface area (Å²) in [4.78, 5) is 11.9. The average Bonchev–Trinajstić information content (AvgIpc) is 2.84. The number of aryl methyl sites for hydroxylation is 1. The normalized spacial score (nSPS) is 9.25. The molecule has 3 N–H and O–H groups in total. The van der Waals surface area contributed by atoms with E-state index in [-0.39, 0.29) is 30.7 Å². The average molecular weight is 318 g/mol. The van der Waals surface area contributed by atoms with E-state index in [4.69, 9.17) is 5.73 Å². The standard InChI is InChI=1S/C12H15N5O.2ClH/c1-2-17-8-15-16-11(17)7-14-12(18)9-5-3-4-6-10(9)13;;/h3-6,8H,2,7,13H2,1H3,(H,14,18);2*1H. The number of nitrogen functional groups attached to an aromatic ring is 1. The fourth-order valence-corrected chi connectivity index (χ4v) is 1.64. The van der Waals surface area contributed by atoms with Gasteiger partial charge >= 0.3 is 0 Å². The van der Waals surface area contributed by atoms with Crippen molar-refractivity contribution in [2.45, 2.75) is 20.0 Å². The number of carbonyl (C=O) groups excluding carboxylic acids is 1. The van der Waals surface area contributed by atoms with Gasteiger partial charge in [-0.05, 0) is 19.1 Å². The van der Waals surface area contributed by atoms with Crippen LogP contribution in [0.4, 0.5) is 5.69 Å². The van der Waals surface area contributed by atoms with E-state index in [0.29, 0.717) is 17.8 Å². The van der Waals surface area contributed by atoms with Crippen LogP contribution in [-0.4, -0.2) is 20.7 Å². The molecular weight excluding hydrogens is 301 g/mol. The predicted octanol–water partition coefficient (Wildman–Crippen LogP) is 1.65. The van der Waals surface area contributed by atoms with Crippen LogP contribution in [0.3, 0.4) is 0 Å². The van der Waals surface area contributed by atoms with Crippen molar-refractivity contribution in [3.05, 3.63) is 42.0 Å². The highest BCUT2D eigenvalue weighted by Gasteiger charge is 2.10. The Bertz CT molecular complexity index is 558. The van der Waals surface area contributed by atoms with Crippen molar-refractivity contribution in [2.75, 3.05) is 5.73 Å². The highest BCUT2D eigenvalue weighted by atomic mass is 35.5. The second-order valence-electron chi connectivity index (χ2n) is 3.80. The summed E-state index contributed by atoms with van der Waals surface area (Å²) in [6.07, 6.45) is 1.64. The molecule has 20 heavy (non-hydrogen) atoms. The molecule has 110 valence electrons. The molecule has 0 aliphatic carbocycles. The summed E-state index contributed by atoms with van der Waals surface area (Å²) < 4.78 is 1.87. The van der Waals surface area contributed by atoms with E-state index in [1.54, 1.807) is 30.6 Å². The Morgan fingerprint density at radius 1 is 1.35 bits per heavy atom. The van der Waals surface area contributed by atoms with Crippen LogP contribution in [0.5, 0.6) is 0 Å². The molecule has 0 aliphatic heterocycles. The van der Waals surface area contributed by atoms with Crippen molar-refractivity contribution in [3.63, 3.8) is 0 Å². The van der Waals surface area contributed by atoms with Gasteiger partial charge in [0.2, 0.25) is 0 Å². The van der Waals surface area contributed by atoms with Crippen molar-refractivity contribution in [3.8, 4) is 0 Å². The fraction of sp³-hybridized carbons (Fsp3) is 0.250. The smallest absolute Gasteiger partial charge is 0.253 e. The van der Waals surface area contributed by atoms with Gasteiger partial charge < -0.3 is 15.6 Å². The van der Waals surface area contributed by atoms with Crippen molar-refractivity contribution in [2.24, 2.45) is 0 Å². The molecule has 0 atom stereocenters. The second-order valence-corrected chi connectivity index (χ2v) is 3.80. The Balaban J connectivity index is 0.00000180. The molecule has 0 radical (unpaired) electrons. The van der Waals surface area contributed by atoms with Crippen LogP contribution in [-0.2, 0) is 13.1 Å². The number of amides is 1. The summed E-state index contributed by atoms with van der Waals surface area (Å²) in [5.41, 5.74) is 6.67. The minimum Gasteiger partial charge on any atom is -0.398 e. The van der Waals surface area contributed by atoms with E-state index < -0.39 is 0 Å². The lowest BCUT2D eigenvalue weighted by Crippen LogP contribution is -2.25. The fourth-order valence-electron chi connectivity index (χ4n) is 1.64. The van der Waals surface area contributed by atoms with E-state index in [2.05, 4.69) is 15.5 Å². The summed E-state index contributed by atoms with van der Waals surface area (Å²) in [6, 6.07) is 6.96. The van der Waals surface area contributed by atoms with Crippen LogP contribution in [0.25, 0.3) is 0 Å². The monoisotopic (exact) mass is 317 g/mol. The van der Waals surface area contributed by atoms with Crippen LogP contribution in [0.15, 0.2) is 30.6 Å². The summed E-state index contributed by atoms with van der Waals surface area (Å²) in [6.45, 7) is 3.09. The second kappa shape index (κ2) is 8.39. The molecule has 0 bridgehead atoms. The third-order valence-electron chi connectivity index (χ3n) is 2.65. The zero-order chi connectivity index (χ0) is 13.0. The maximum Gasteiger partial charge on any atom is 0.253 e. The van der Waals surface area contributed by atoms with Crippen LogP contribution in [0.1, 0.15) is 23.1 Å². The third-order valence-corrected chi connectivity index (χ3v) is 2.65. The molecule has 0 unspecified atom stereocenters. The largest absolute Gasteiger partial charge is 0.398 e. The number of nitrogens with zero attached hydrogens (tertiary/aromatic N) is 3. The minimum atomic E-state index is -0.209. The molecule has 0 saturated heterocycles. The Morgan fingerprint density at radius 3 is 2.70 bits per heavy atom. The molecule has 0 fully saturated rings. The van der Waals surface area contributed by atoms with Gasteiger partial charge in [-0.2, -0.15) is 0 Å². The Labute approximate surface area is 129 Å².